The summed E-state index contributed by atoms with van der Waals surface area (Å²) in [6.45, 7) is 4.90. The van der Waals surface area contributed by atoms with Crippen molar-refractivity contribution in [2.75, 3.05) is 41.3 Å². The van der Waals surface area contributed by atoms with Crippen LogP contribution in [0.4, 0.5) is 21.6 Å². The number of nitrogens with zero attached hydrogens (tertiary/aromatic N) is 3. The number of carbonyl (C=O) groups is 1. The predicted molar refractivity (Wildman–Crippen MR) is 89.4 cm³/mol. The molecule has 6 heteroatoms. The topological polar surface area (TPSA) is 48.5 Å². The van der Waals surface area contributed by atoms with Crippen LogP contribution in [0.5, 0.6) is 0 Å². The molecule has 0 unspecified atom stereocenters. The molecule has 1 amide bonds. The maximum Gasteiger partial charge on any atom is 0.221 e. The second-order valence-electron chi connectivity index (χ2n) is 5.54. The summed E-state index contributed by atoms with van der Waals surface area (Å²) in [6.07, 6.45) is 1.67. The molecule has 1 aromatic carbocycles. The van der Waals surface area contributed by atoms with Gasteiger partial charge in [0.1, 0.15) is 11.6 Å². The number of pyridine rings is 1. The van der Waals surface area contributed by atoms with E-state index in [9.17, 15) is 9.18 Å². The number of benzene rings is 1. The van der Waals surface area contributed by atoms with E-state index in [0.717, 1.165) is 37.7 Å². The number of hydrogen-bond acceptors (Lipinski definition) is 4. The normalized spacial score (nSPS) is 14.7. The molecular formula is C17H19FN4O. The van der Waals surface area contributed by atoms with Crippen LogP contribution in [-0.2, 0) is 4.79 Å². The number of carbonyl (C=O) groups excluding carboxylic acids is 1. The third-order valence-electron chi connectivity index (χ3n) is 3.86. The van der Waals surface area contributed by atoms with Gasteiger partial charge in [0.15, 0.2) is 0 Å². The van der Waals surface area contributed by atoms with Gasteiger partial charge in [-0.2, -0.15) is 0 Å². The first-order valence-corrected chi connectivity index (χ1v) is 7.61. The summed E-state index contributed by atoms with van der Waals surface area (Å²) >= 11 is 0. The van der Waals surface area contributed by atoms with E-state index in [0.29, 0.717) is 5.69 Å². The van der Waals surface area contributed by atoms with Gasteiger partial charge in [0, 0.05) is 38.8 Å². The summed E-state index contributed by atoms with van der Waals surface area (Å²) in [5.74, 6) is 0.584. The van der Waals surface area contributed by atoms with Gasteiger partial charge in [0.2, 0.25) is 5.91 Å². The Balaban J connectivity index is 1.60. The molecule has 0 bridgehead atoms. The van der Waals surface area contributed by atoms with Gasteiger partial charge in [-0.3, -0.25) is 4.79 Å². The Bertz CT molecular complexity index is 664. The molecular weight excluding hydrogens is 295 g/mol. The van der Waals surface area contributed by atoms with E-state index in [4.69, 9.17) is 0 Å². The Morgan fingerprint density at radius 3 is 2.26 bits per heavy atom. The minimum Gasteiger partial charge on any atom is -0.368 e. The lowest BCUT2D eigenvalue weighted by Gasteiger charge is -2.36. The zero-order valence-corrected chi connectivity index (χ0v) is 13.0. The molecule has 1 N–H and O–H groups in total. The number of nitrogens with one attached hydrogen (secondary N) is 1. The van der Waals surface area contributed by atoms with Gasteiger partial charge in [-0.1, -0.05) is 0 Å². The summed E-state index contributed by atoms with van der Waals surface area (Å²) < 4.78 is 13.0. The molecule has 23 heavy (non-hydrogen) atoms. The summed E-state index contributed by atoms with van der Waals surface area (Å²) in [4.78, 5) is 19.9. The Morgan fingerprint density at radius 1 is 1.04 bits per heavy atom. The van der Waals surface area contributed by atoms with Crippen LogP contribution in [0.3, 0.4) is 0 Å². The predicted octanol–water partition coefficient (Wildman–Crippen LogP) is 2.51. The molecule has 120 valence electrons. The highest BCUT2D eigenvalue weighted by Gasteiger charge is 2.18. The van der Waals surface area contributed by atoms with Gasteiger partial charge in [-0.05, 0) is 36.4 Å². The maximum atomic E-state index is 13.0. The summed E-state index contributed by atoms with van der Waals surface area (Å²) in [5, 5.41) is 2.71. The van der Waals surface area contributed by atoms with Crippen LogP contribution < -0.4 is 15.1 Å². The second-order valence-corrected chi connectivity index (χ2v) is 5.54. The van der Waals surface area contributed by atoms with E-state index in [1.165, 1.54) is 19.1 Å². The SMILES string of the molecule is CC(=O)Nc1ccc(N2CCN(c3ccc(F)cc3)CC2)nc1. The van der Waals surface area contributed by atoms with Crippen molar-refractivity contribution in [3.8, 4) is 0 Å². The molecule has 1 aliphatic rings. The highest BCUT2D eigenvalue weighted by molar-refractivity contribution is 5.88. The number of rotatable bonds is 3. The molecule has 1 aromatic heterocycles. The van der Waals surface area contributed by atoms with Crippen LogP contribution in [0, 0.1) is 5.82 Å². The van der Waals surface area contributed by atoms with Crippen molar-refractivity contribution in [1.29, 1.82) is 0 Å². The first-order valence-electron chi connectivity index (χ1n) is 7.61. The Morgan fingerprint density at radius 2 is 1.70 bits per heavy atom. The monoisotopic (exact) mass is 314 g/mol. The van der Waals surface area contributed by atoms with E-state index in [2.05, 4.69) is 20.1 Å². The van der Waals surface area contributed by atoms with Crippen LogP contribution in [0.15, 0.2) is 42.6 Å². The molecule has 3 rings (SSSR count). The molecule has 0 spiro atoms. The van der Waals surface area contributed by atoms with Crippen LogP contribution in [0.25, 0.3) is 0 Å². The van der Waals surface area contributed by atoms with Crippen molar-refractivity contribution in [2.24, 2.45) is 0 Å². The smallest absolute Gasteiger partial charge is 0.221 e. The Hall–Kier alpha value is -2.63. The fourth-order valence-corrected chi connectivity index (χ4v) is 2.70. The van der Waals surface area contributed by atoms with E-state index in [1.807, 2.05) is 24.3 Å². The molecule has 0 aliphatic carbocycles. The van der Waals surface area contributed by atoms with Crippen molar-refractivity contribution in [2.45, 2.75) is 6.92 Å². The minimum atomic E-state index is -0.212. The van der Waals surface area contributed by atoms with E-state index >= 15 is 0 Å². The molecule has 2 heterocycles. The fraction of sp³-hybridized carbons (Fsp3) is 0.294. The van der Waals surface area contributed by atoms with Gasteiger partial charge in [0.05, 0.1) is 11.9 Å². The molecule has 2 aromatic rings. The fourth-order valence-electron chi connectivity index (χ4n) is 2.70. The van der Waals surface area contributed by atoms with E-state index in [1.54, 1.807) is 6.20 Å². The highest BCUT2D eigenvalue weighted by Crippen LogP contribution is 2.20. The van der Waals surface area contributed by atoms with E-state index < -0.39 is 0 Å². The largest absolute Gasteiger partial charge is 0.368 e. The third-order valence-corrected chi connectivity index (χ3v) is 3.86. The maximum absolute atomic E-state index is 13.0. The second kappa shape index (κ2) is 6.64. The zero-order chi connectivity index (χ0) is 16.2. The third kappa shape index (κ3) is 3.77. The van der Waals surface area contributed by atoms with Crippen LogP contribution in [0.2, 0.25) is 0 Å². The van der Waals surface area contributed by atoms with Crippen molar-refractivity contribution in [3.63, 3.8) is 0 Å². The molecule has 1 fully saturated rings. The van der Waals surface area contributed by atoms with Gasteiger partial charge < -0.3 is 15.1 Å². The van der Waals surface area contributed by atoms with Crippen LogP contribution in [-0.4, -0.2) is 37.1 Å². The summed E-state index contributed by atoms with van der Waals surface area (Å²) in [5.41, 5.74) is 1.74. The molecule has 5 nitrogen and oxygen atoms in total. The average Bonchev–Trinajstić information content (AvgIpc) is 2.56. The average molecular weight is 314 g/mol. The van der Waals surface area contributed by atoms with Crippen molar-refractivity contribution < 1.29 is 9.18 Å². The molecule has 0 atom stereocenters. The number of anilines is 3. The quantitative estimate of drug-likeness (QED) is 0.946. The molecule has 1 saturated heterocycles. The van der Waals surface area contributed by atoms with Crippen molar-refractivity contribution in [1.82, 2.24) is 4.98 Å². The highest BCUT2D eigenvalue weighted by atomic mass is 19.1. The standard InChI is InChI=1S/C17H19FN4O/c1-13(23)20-15-4-7-17(19-12-15)22-10-8-21(9-11-22)16-5-2-14(18)3-6-16/h2-7,12H,8-11H2,1H3,(H,20,23). The minimum absolute atomic E-state index is 0.104. The van der Waals surface area contributed by atoms with Gasteiger partial charge in [-0.25, -0.2) is 9.37 Å². The summed E-state index contributed by atoms with van der Waals surface area (Å²) in [7, 11) is 0. The molecule has 0 radical (unpaired) electrons. The Kier molecular flexibility index (Phi) is 4.41. The first-order chi connectivity index (χ1) is 11.1. The van der Waals surface area contributed by atoms with Crippen LogP contribution >= 0.6 is 0 Å². The number of aromatic nitrogens is 1. The molecule has 0 saturated carbocycles. The first kappa shape index (κ1) is 15.3. The van der Waals surface area contributed by atoms with Crippen molar-refractivity contribution in [3.05, 3.63) is 48.4 Å². The van der Waals surface area contributed by atoms with Gasteiger partial charge in [-0.15, -0.1) is 0 Å². The molecule has 1 aliphatic heterocycles. The van der Waals surface area contributed by atoms with Gasteiger partial charge >= 0.3 is 0 Å². The Labute approximate surface area is 134 Å². The number of hydrogen-bond donors (Lipinski definition) is 1. The lowest BCUT2D eigenvalue weighted by atomic mass is 10.2. The number of halogens is 1. The lowest BCUT2D eigenvalue weighted by molar-refractivity contribution is -0.114. The van der Waals surface area contributed by atoms with Crippen molar-refractivity contribution >= 4 is 23.1 Å². The zero-order valence-electron chi connectivity index (χ0n) is 13.0. The number of piperazine rings is 1. The van der Waals surface area contributed by atoms with E-state index in [-0.39, 0.29) is 11.7 Å². The van der Waals surface area contributed by atoms with Crippen LogP contribution in [0.1, 0.15) is 6.92 Å². The number of amides is 1. The van der Waals surface area contributed by atoms with Gasteiger partial charge in [0.25, 0.3) is 0 Å². The lowest BCUT2D eigenvalue weighted by Crippen LogP contribution is -2.46. The summed E-state index contributed by atoms with van der Waals surface area (Å²) in [6, 6.07) is 10.4.